The van der Waals surface area contributed by atoms with E-state index in [2.05, 4.69) is 4.98 Å². The molecule has 3 rings (SSSR count). The van der Waals surface area contributed by atoms with Crippen LogP contribution in [0.5, 0.6) is 0 Å². The third kappa shape index (κ3) is 3.91. The number of fused-ring (bicyclic) bond motifs is 1. The average Bonchev–Trinajstić information content (AvgIpc) is 2.65. The molecule has 0 aliphatic heterocycles. The molecule has 8 nitrogen and oxygen atoms in total. The van der Waals surface area contributed by atoms with E-state index < -0.39 is 16.8 Å². The number of primary amides is 1. The van der Waals surface area contributed by atoms with Crippen LogP contribution in [0.25, 0.3) is 10.9 Å². The number of carbonyl (C=O) groups is 2. The molecule has 0 unspecified atom stereocenters. The van der Waals surface area contributed by atoms with Crippen LogP contribution in [0.1, 0.15) is 32.0 Å². The summed E-state index contributed by atoms with van der Waals surface area (Å²) in [4.78, 5) is 38.6. The highest BCUT2D eigenvalue weighted by atomic mass is 35.5. The van der Waals surface area contributed by atoms with Crippen LogP contribution < -0.4 is 5.73 Å². The van der Waals surface area contributed by atoms with Gasteiger partial charge in [-0.3, -0.25) is 19.9 Å². The Kier molecular flexibility index (Phi) is 5.23. The van der Waals surface area contributed by atoms with Gasteiger partial charge in [-0.1, -0.05) is 11.6 Å². The smallest absolute Gasteiger partial charge is 0.340 e. The number of hydrogen-bond donors (Lipinski definition) is 1. The maximum absolute atomic E-state index is 12.5. The number of benzene rings is 2. The summed E-state index contributed by atoms with van der Waals surface area (Å²) in [6.45, 7) is 1.32. The van der Waals surface area contributed by atoms with Gasteiger partial charge >= 0.3 is 5.97 Å². The Hall–Kier alpha value is -3.52. The number of esters is 1. The molecule has 1 aromatic heterocycles. The molecule has 3 aromatic rings. The van der Waals surface area contributed by atoms with Crippen LogP contribution in [0.2, 0.25) is 5.02 Å². The lowest BCUT2D eigenvalue weighted by Crippen LogP contribution is -2.13. The zero-order valence-electron chi connectivity index (χ0n) is 14.6. The fourth-order valence-corrected chi connectivity index (χ4v) is 2.86. The first-order chi connectivity index (χ1) is 13.3. The summed E-state index contributed by atoms with van der Waals surface area (Å²) >= 11 is 5.97. The van der Waals surface area contributed by atoms with Crippen LogP contribution in [-0.4, -0.2) is 21.8 Å². The van der Waals surface area contributed by atoms with Crippen LogP contribution in [0, 0.1) is 17.0 Å². The number of nitro benzene ring substituents is 1. The fourth-order valence-electron chi connectivity index (χ4n) is 2.68. The standard InChI is InChI=1S/C19H14ClN3O5/c1-10-15(7-13-6-14(20)4-5-16(13)22-10)19(25)28-9-12-3-2-11(18(21)24)8-17(12)23(26)27/h2-8H,9H2,1H3,(H2,21,24). The van der Waals surface area contributed by atoms with Gasteiger partial charge in [0.05, 0.1) is 27.3 Å². The van der Waals surface area contributed by atoms with Gasteiger partial charge in [0.15, 0.2) is 0 Å². The Balaban J connectivity index is 1.86. The Morgan fingerprint density at radius 3 is 2.64 bits per heavy atom. The molecule has 0 bridgehead atoms. The maximum atomic E-state index is 12.5. The highest BCUT2D eigenvalue weighted by Gasteiger charge is 2.19. The number of rotatable bonds is 5. The van der Waals surface area contributed by atoms with Gasteiger partial charge < -0.3 is 10.5 Å². The van der Waals surface area contributed by atoms with Crippen molar-refractivity contribution in [2.45, 2.75) is 13.5 Å². The number of ether oxygens (including phenoxy) is 1. The van der Waals surface area contributed by atoms with E-state index in [4.69, 9.17) is 22.1 Å². The predicted molar refractivity (Wildman–Crippen MR) is 102 cm³/mol. The van der Waals surface area contributed by atoms with E-state index in [-0.39, 0.29) is 29.0 Å². The molecule has 0 spiro atoms. The van der Waals surface area contributed by atoms with Crippen molar-refractivity contribution in [3.8, 4) is 0 Å². The van der Waals surface area contributed by atoms with E-state index >= 15 is 0 Å². The van der Waals surface area contributed by atoms with Crippen molar-refractivity contribution < 1.29 is 19.2 Å². The summed E-state index contributed by atoms with van der Waals surface area (Å²) in [5.74, 6) is -1.47. The number of nitrogens with zero attached hydrogens (tertiary/aromatic N) is 2. The first-order valence-electron chi connectivity index (χ1n) is 8.07. The van der Waals surface area contributed by atoms with Gasteiger partial charge in [0.2, 0.25) is 5.91 Å². The molecule has 2 N–H and O–H groups in total. The molecular formula is C19H14ClN3O5. The van der Waals surface area contributed by atoms with Gasteiger partial charge in [0.25, 0.3) is 5.69 Å². The minimum Gasteiger partial charge on any atom is -0.457 e. The Morgan fingerprint density at radius 1 is 1.21 bits per heavy atom. The number of hydrogen-bond acceptors (Lipinski definition) is 6. The van der Waals surface area contributed by atoms with Crippen LogP contribution >= 0.6 is 11.6 Å². The molecule has 0 saturated carbocycles. The highest BCUT2D eigenvalue weighted by Crippen LogP contribution is 2.24. The first-order valence-corrected chi connectivity index (χ1v) is 8.45. The SMILES string of the molecule is Cc1nc2ccc(Cl)cc2cc1C(=O)OCc1ccc(C(N)=O)cc1[N+](=O)[O-]. The average molecular weight is 400 g/mol. The lowest BCUT2D eigenvalue weighted by Gasteiger charge is -2.09. The molecule has 142 valence electrons. The third-order valence-corrected chi connectivity index (χ3v) is 4.35. The number of pyridine rings is 1. The minimum absolute atomic E-state index is 0.00627. The second-order valence-corrected chi connectivity index (χ2v) is 6.44. The number of aryl methyl sites for hydroxylation is 1. The maximum Gasteiger partial charge on any atom is 0.340 e. The lowest BCUT2D eigenvalue weighted by atomic mass is 10.1. The van der Waals surface area contributed by atoms with Gasteiger partial charge in [-0.2, -0.15) is 0 Å². The quantitative estimate of drug-likeness (QED) is 0.397. The molecule has 28 heavy (non-hydrogen) atoms. The molecule has 1 heterocycles. The van der Waals surface area contributed by atoms with Crippen molar-refractivity contribution in [3.05, 3.63) is 80.0 Å². The van der Waals surface area contributed by atoms with Crippen molar-refractivity contribution >= 4 is 40.1 Å². The molecule has 0 atom stereocenters. The van der Waals surface area contributed by atoms with Gasteiger partial charge in [-0.15, -0.1) is 0 Å². The lowest BCUT2D eigenvalue weighted by molar-refractivity contribution is -0.385. The van der Waals surface area contributed by atoms with E-state index in [9.17, 15) is 19.7 Å². The summed E-state index contributed by atoms with van der Waals surface area (Å²) in [5, 5.41) is 12.4. The number of halogens is 1. The van der Waals surface area contributed by atoms with E-state index in [1.54, 1.807) is 31.2 Å². The Morgan fingerprint density at radius 2 is 1.96 bits per heavy atom. The van der Waals surface area contributed by atoms with E-state index in [0.717, 1.165) is 6.07 Å². The molecule has 0 aliphatic rings. The highest BCUT2D eigenvalue weighted by molar-refractivity contribution is 6.31. The molecule has 9 heteroatoms. The van der Waals surface area contributed by atoms with Crippen molar-refractivity contribution in [1.82, 2.24) is 4.98 Å². The van der Waals surface area contributed by atoms with Crippen LogP contribution in [0.15, 0.2) is 42.5 Å². The number of nitrogens with two attached hydrogens (primary N) is 1. The second-order valence-electron chi connectivity index (χ2n) is 6.00. The summed E-state index contributed by atoms with van der Waals surface area (Å²) in [6.07, 6.45) is 0. The van der Waals surface area contributed by atoms with Gasteiger partial charge in [0.1, 0.15) is 6.61 Å². The topological polar surface area (TPSA) is 125 Å². The van der Waals surface area contributed by atoms with E-state index in [1.807, 2.05) is 0 Å². The zero-order valence-corrected chi connectivity index (χ0v) is 15.4. The summed E-state index contributed by atoms with van der Waals surface area (Å²) in [7, 11) is 0. The van der Waals surface area contributed by atoms with E-state index in [1.165, 1.54) is 12.1 Å². The number of amides is 1. The first kappa shape index (κ1) is 19.2. The van der Waals surface area contributed by atoms with Crippen LogP contribution in [-0.2, 0) is 11.3 Å². The minimum atomic E-state index is -0.789. The van der Waals surface area contributed by atoms with Crippen molar-refractivity contribution in [2.75, 3.05) is 0 Å². The summed E-state index contributed by atoms with van der Waals surface area (Å²) in [6, 6.07) is 10.4. The Bertz CT molecular complexity index is 1130. The second kappa shape index (κ2) is 7.61. The fraction of sp³-hybridized carbons (Fsp3) is 0.105. The van der Waals surface area contributed by atoms with Gasteiger partial charge in [0, 0.05) is 22.0 Å². The zero-order chi connectivity index (χ0) is 20.4. The monoisotopic (exact) mass is 399 g/mol. The Labute approximate surface area is 164 Å². The van der Waals surface area contributed by atoms with Crippen molar-refractivity contribution in [3.63, 3.8) is 0 Å². The molecule has 0 fully saturated rings. The normalized spacial score (nSPS) is 10.6. The van der Waals surface area contributed by atoms with Crippen LogP contribution in [0.4, 0.5) is 5.69 Å². The summed E-state index contributed by atoms with van der Waals surface area (Å²) < 4.78 is 5.23. The molecule has 0 radical (unpaired) electrons. The predicted octanol–water partition coefficient (Wildman–Crippen LogP) is 3.56. The number of nitro groups is 1. The van der Waals surface area contributed by atoms with E-state index in [0.29, 0.717) is 21.6 Å². The largest absolute Gasteiger partial charge is 0.457 e. The molecule has 0 aliphatic carbocycles. The van der Waals surface area contributed by atoms with Gasteiger partial charge in [-0.25, -0.2) is 4.79 Å². The molecular weight excluding hydrogens is 386 g/mol. The number of aromatic nitrogens is 1. The third-order valence-electron chi connectivity index (χ3n) is 4.11. The molecule has 1 amide bonds. The van der Waals surface area contributed by atoms with Crippen molar-refractivity contribution in [1.29, 1.82) is 0 Å². The van der Waals surface area contributed by atoms with Crippen molar-refractivity contribution in [2.24, 2.45) is 5.73 Å². The van der Waals surface area contributed by atoms with Crippen LogP contribution in [0.3, 0.4) is 0 Å². The molecule has 0 saturated heterocycles. The summed E-state index contributed by atoms with van der Waals surface area (Å²) in [5.41, 5.74) is 6.28. The van der Waals surface area contributed by atoms with Gasteiger partial charge in [-0.05, 0) is 43.3 Å². The number of carbonyl (C=O) groups excluding carboxylic acids is 2. The molecule has 2 aromatic carbocycles.